The molecule has 0 saturated carbocycles. The fourth-order valence-corrected chi connectivity index (χ4v) is 4.64. The van der Waals surface area contributed by atoms with E-state index >= 15 is 0 Å². The Kier molecular flexibility index (Phi) is 9.10. The number of hydrogen-bond donors (Lipinski definition) is 0. The van der Waals surface area contributed by atoms with Crippen LogP contribution in [0.5, 0.6) is 0 Å². The van der Waals surface area contributed by atoms with Crippen LogP contribution in [0.15, 0.2) is 0 Å². The van der Waals surface area contributed by atoms with Crippen molar-refractivity contribution in [1.82, 2.24) is 0 Å². The highest BCUT2D eigenvalue weighted by Crippen LogP contribution is 2.19. The summed E-state index contributed by atoms with van der Waals surface area (Å²) in [4.78, 5) is 0. The van der Waals surface area contributed by atoms with Gasteiger partial charge in [-0.05, 0) is 54.9 Å². The van der Waals surface area contributed by atoms with Crippen molar-refractivity contribution in [3.63, 3.8) is 0 Å². The predicted octanol–water partition coefficient (Wildman–Crippen LogP) is 3.55. The van der Waals surface area contributed by atoms with E-state index in [0.29, 0.717) is 6.23 Å². The average Bonchev–Trinajstić information content (AvgIpc) is 2.22. The van der Waals surface area contributed by atoms with Crippen LogP contribution in [0.4, 0.5) is 0 Å². The minimum Gasteiger partial charge on any atom is -0.374 e. The van der Waals surface area contributed by atoms with Crippen molar-refractivity contribution >= 4 is 8.80 Å². The maximum atomic E-state index is 6.02. The Hall–Kier alpha value is 0.0569. The summed E-state index contributed by atoms with van der Waals surface area (Å²) < 4.78 is 23.9. The molecule has 0 rings (SSSR count). The molecule has 0 bridgehead atoms. The largest absolute Gasteiger partial charge is 0.528 e. The zero-order chi connectivity index (χ0) is 15.1. The Morgan fingerprint density at radius 2 is 1.11 bits per heavy atom. The van der Waals surface area contributed by atoms with Gasteiger partial charge in [-0.3, -0.25) is 0 Å². The number of hydrogen-bond acceptors (Lipinski definition) is 4. The van der Waals surface area contributed by atoms with E-state index in [1.807, 2.05) is 41.5 Å². The SMILES string of the molecule is CCC(C)OC[Si](OC(C)C)(OC(C)C)OC(C)C. The second-order valence-corrected chi connectivity index (χ2v) is 8.07. The molecule has 0 aromatic rings. The molecule has 1 unspecified atom stereocenters. The van der Waals surface area contributed by atoms with Crippen LogP contribution in [0.3, 0.4) is 0 Å². The normalized spacial score (nSPS) is 14.7. The first kappa shape index (κ1) is 19.1. The van der Waals surface area contributed by atoms with Crippen LogP contribution in [0.1, 0.15) is 61.8 Å². The van der Waals surface area contributed by atoms with Crippen molar-refractivity contribution < 1.29 is 18.0 Å². The molecule has 0 fully saturated rings. The van der Waals surface area contributed by atoms with Crippen LogP contribution >= 0.6 is 0 Å². The molecule has 0 amide bonds. The lowest BCUT2D eigenvalue weighted by molar-refractivity contribution is -0.0333. The van der Waals surface area contributed by atoms with E-state index < -0.39 is 8.80 Å². The fourth-order valence-electron chi connectivity index (χ4n) is 1.62. The summed E-state index contributed by atoms with van der Waals surface area (Å²) >= 11 is 0. The summed E-state index contributed by atoms with van der Waals surface area (Å²) in [7, 11) is -2.79. The summed E-state index contributed by atoms with van der Waals surface area (Å²) in [5.41, 5.74) is 0. The Morgan fingerprint density at radius 3 is 1.37 bits per heavy atom. The minimum atomic E-state index is -2.79. The van der Waals surface area contributed by atoms with Gasteiger partial charge < -0.3 is 18.0 Å². The van der Waals surface area contributed by atoms with Gasteiger partial charge in [-0.15, -0.1) is 0 Å². The van der Waals surface area contributed by atoms with Crippen molar-refractivity contribution in [3.05, 3.63) is 0 Å². The van der Waals surface area contributed by atoms with Crippen molar-refractivity contribution in [3.8, 4) is 0 Å². The van der Waals surface area contributed by atoms with Crippen LogP contribution in [0.2, 0.25) is 0 Å². The lowest BCUT2D eigenvalue weighted by Gasteiger charge is -2.34. The maximum Gasteiger partial charge on any atom is 0.528 e. The third-order valence-corrected chi connectivity index (χ3v) is 5.38. The zero-order valence-electron chi connectivity index (χ0n) is 13.9. The van der Waals surface area contributed by atoms with Gasteiger partial charge in [-0.2, -0.15) is 0 Å². The highest BCUT2D eigenvalue weighted by molar-refractivity contribution is 6.60. The van der Waals surface area contributed by atoms with Crippen LogP contribution in [0, 0.1) is 0 Å². The van der Waals surface area contributed by atoms with E-state index in [9.17, 15) is 0 Å². The second-order valence-electron chi connectivity index (χ2n) is 5.71. The van der Waals surface area contributed by atoms with Gasteiger partial charge in [0.2, 0.25) is 0 Å². The van der Waals surface area contributed by atoms with Crippen molar-refractivity contribution in [2.24, 2.45) is 0 Å². The van der Waals surface area contributed by atoms with Crippen LogP contribution in [0.25, 0.3) is 0 Å². The van der Waals surface area contributed by atoms with Gasteiger partial charge in [0.15, 0.2) is 0 Å². The Morgan fingerprint density at radius 1 is 0.737 bits per heavy atom. The van der Waals surface area contributed by atoms with Crippen LogP contribution in [-0.4, -0.2) is 39.5 Å². The average molecular weight is 292 g/mol. The summed E-state index contributed by atoms with van der Waals surface area (Å²) in [5.74, 6) is 0. The quantitative estimate of drug-likeness (QED) is 0.577. The van der Waals surface area contributed by atoms with Crippen LogP contribution < -0.4 is 0 Å². The molecule has 0 aromatic carbocycles. The second kappa shape index (κ2) is 9.08. The molecule has 0 saturated heterocycles. The van der Waals surface area contributed by atoms with Gasteiger partial charge in [-0.25, -0.2) is 0 Å². The predicted molar refractivity (Wildman–Crippen MR) is 80.1 cm³/mol. The van der Waals surface area contributed by atoms with E-state index in [-0.39, 0.29) is 24.4 Å². The molecular weight excluding hydrogens is 260 g/mol. The smallest absolute Gasteiger partial charge is 0.374 e. The number of rotatable bonds is 10. The molecule has 0 heterocycles. The van der Waals surface area contributed by atoms with Gasteiger partial charge in [0, 0.05) is 18.3 Å². The van der Waals surface area contributed by atoms with Crippen molar-refractivity contribution in [2.75, 3.05) is 6.23 Å². The topological polar surface area (TPSA) is 36.9 Å². The molecular formula is C14H32O4Si. The molecule has 5 heteroatoms. The fraction of sp³-hybridized carbons (Fsp3) is 1.00. The molecule has 0 radical (unpaired) electrons. The maximum absolute atomic E-state index is 6.02. The first-order valence-electron chi connectivity index (χ1n) is 7.35. The first-order chi connectivity index (χ1) is 8.70. The van der Waals surface area contributed by atoms with Crippen molar-refractivity contribution in [1.29, 1.82) is 0 Å². The van der Waals surface area contributed by atoms with Gasteiger partial charge in [-0.1, -0.05) is 6.92 Å². The van der Waals surface area contributed by atoms with E-state index in [0.717, 1.165) is 6.42 Å². The minimum absolute atomic E-state index is 0.0599. The van der Waals surface area contributed by atoms with E-state index in [1.165, 1.54) is 0 Å². The molecule has 19 heavy (non-hydrogen) atoms. The van der Waals surface area contributed by atoms with E-state index in [1.54, 1.807) is 0 Å². The summed E-state index contributed by atoms with van der Waals surface area (Å²) in [5, 5.41) is 0. The van der Waals surface area contributed by atoms with Crippen molar-refractivity contribution in [2.45, 2.75) is 86.2 Å². The van der Waals surface area contributed by atoms with Crippen LogP contribution in [-0.2, 0) is 18.0 Å². The molecule has 0 aliphatic heterocycles. The Balaban J connectivity index is 4.87. The monoisotopic (exact) mass is 292 g/mol. The Bertz CT molecular complexity index is 205. The van der Waals surface area contributed by atoms with E-state index in [4.69, 9.17) is 18.0 Å². The molecule has 4 nitrogen and oxygen atoms in total. The summed E-state index contributed by atoms with van der Waals surface area (Å²) in [6.45, 7) is 16.1. The third-order valence-electron chi connectivity index (χ3n) is 2.37. The van der Waals surface area contributed by atoms with Gasteiger partial charge in [0.25, 0.3) is 0 Å². The Labute approximate surface area is 120 Å². The summed E-state index contributed by atoms with van der Waals surface area (Å²) in [6.07, 6.45) is 1.75. The van der Waals surface area contributed by atoms with Gasteiger partial charge >= 0.3 is 8.80 Å². The first-order valence-corrected chi connectivity index (χ1v) is 9.29. The molecule has 0 aromatic heterocycles. The highest BCUT2D eigenvalue weighted by atomic mass is 28.4. The highest BCUT2D eigenvalue weighted by Gasteiger charge is 2.45. The molecule has 0 spiro atoms. The molecule has 0 aliphatic carbocycles. The molecule has 0 N–H and O–H groups in total. The lowest BCUT2D eigenvalue weighted by atomic mass is 10.3. The number of ether oxygens (including phenoxy) is 1. The molecule has 1 atom stereocenters. The standard InChI is InChI=1S/C14H32O4Si/c1-9-14(8)15-10-19(16-11(2)3,17-12(4)5)18-13(6)7/h11-14H,9-10H2,1-8H3. The third kappa shape index (κ3) is 8.76. The summed E-state index contributed by atoms with van der Waals surface area (Å²) in [6, 6.07) is 0. The molecule has 116 valence electrons. The van der Waals surface area contributed by atoms with E-state index in [2.05, 4.69) is 13.8 Å². The van der Waals surface area contributed by atoms with Gasteiger partial charge in [0.05, 0.1) is 6.10 Å². The zero-order valence-corrected chi connectivity index (χ0v) is 14.9. The molecule has 0 aliphatic rings. The van der Waals surface area contributed by atoms with Gasteiger partial charge in [0.1, 0.15) is 6.23 Å². The lowest BCUT2D eigenvalue weighted by Crippen LogP contribution is -2.55.